The van der Waals surface area contributed by atoms with Crippen LogP contribution in [0, 0.1) is 6.92 Å². The van der Waals surface area contributed by atoms with Crippen molar-refractivity contribution < 1.29 is 14.3 Å². The molecule has 34 heavy (non-hydrogen) atoms. The van der Waals surface area contributed by atoms with Gasteiger partial charge in [-0.15, -0.1) is 0 Å². The van der Waals surface area contributed by atoms with Crippen LogP contribution >= 0.6 is 0 Å². The van der Waals surface area contributed by atoms with Crippen LogP contribution in [-0.2, 0) is 40.3 Å². The Kier molecular flexibility index (Phi) is 7.59. The van der Waals surface area contributed by atoms with Gasteiger partial charge in [0.05, 0.1) is 42.9 Å². The normalized spacial score (nSPS) is 11.1. The van der Waals surface area contributed by atoms with Gasteiger partial charge in [-0.05, 0) is 56.0 Å². The molecule has 0 aliphatic rings. The molecule has 0 amide bonds. The molecule has 176 valence electrons. The number of esters is 1. The molecule has 8 nitrogen and oxygen atoms in total. The van der Waals surface area contributed by atoms with E-state index in [9.17, 15) is 4.79 Å². The number of rotatable bonds is 10. The Morgan fingerprint density at radius 1 is 1.06 bits per heavy atom. The summed E-state index contributed by atoms with van der Waals surface area (Å²) in [7, 11) is 0. The van der Waals surface area contributed by atoms with E-state index in [1.807, 2.05) is 30.8 Å². The molecule has 8 heteroatoms. The molecule has 0 radical (unpaired) electrons. The van der Waals surface area contributed by atoms with E-state index in [0.29, 0.717) is 19.6 Å². The summed E-state index contributed by atoms with van der Waals surface area (Å²) in [6.07, 6.45) is 10.2. The van der Waals surface area contributed by atoms with Crippen molar-refractivity contribution in [3.8, 4) is 11.1 Å². The summed E-state index contributed by atoms with van der Waals surface area (Å²) in [5, 5.41) is 4.95. The maximum absolute atomic E-state index is 12.2. The fourth-order valence-corrected chi connectivity index (χ4v) is 4.04. The molecule has 0 unspecified atom stereocenters. The molecule has 4 aromatic rings. The summed E-state index contributed by atoms with van der Waals surface area (Å²) in [5.74, 6) is -0.230. The van der Waals surface area contributed by atoms with Crippen molar-refractivity contribution in [2.24, 2.45) is 0 Å². The number of aromatic nitrogens is 5. The number of hydrogen-bond donors (Lipinski definition) is 0. The van der Waals surface area contributed by atoms with Crippen LogP contribution in [0.4, 0.5) is 0 Å². The van der Waals surface area contributed by atoms with E-state index < -0.39 is 0 Å². The smallest absolute Gasteiger partial charge is 0.306 e. The van der Waals surface area contributed by atoms with E-state index in [1.165, 1.54) is 0 Å². The highest BCUT2D eigenvalue weighted by molar-refractivity contribution is 5.84. The standard InChI is InChI=1S/C26H29N5O3/c1-4-21-6-8-24-26(19-12-18(3)13-28-14-19)22(7-9-25(32)34-5-2)23(30-31(21)24)17-33-16-20-15-27-10-11-29-20/h6,8,10-15H,4-5,7,9,16-17H2,1-3H3. The van der Waals surface area contributed by atoms with Gasteiger partial charge < -0.3 is 9.47 Å². The molecule has 0 saturated heterocycles. The molecule has 0 aliphatic heterocycles. The van der Waals surface area contributed by atoms with E-state index >= 15 is 0 Å². The molecule has 0 spiro atoms. The molecule has 4 heterocycles. The minimum Gasteiger partial charge on any atom is -0.466 e. The van der Waals surface area contributed by atoms with E-state index in [2.05, 4.69) is 40.1 Å². The van der Waals surface area contributed by atoms with Crippen LogP contribution in [0.3, 0.4) is 0 Å². The predicted molar refractivity (Wildman–Crippen MR) is 128 cm³/mol. The van der Waals surface area contributed by atoms with Crippen LogP contribution in [-0.4, -0.2) is 37.1 Å². The molecular formula is C26H29N5O3. The SMILES string of the molecule is CCOC(=O)CCc1c(COCc2cnccn2)nn2c(CC)ccc2c1-c1cncc(C)c1. The van der Waals surface area contributed by atoms with Crippen molar-refractivity contribution in [2.75, 3.05) is 6.61 Å². The fraction of sp³-hybridized carbons (Fsp3) is 0.346. The predicted octanol–water partition coefficient (Wildman–Crippen LogP) is 4.27. The lowest BCUT2D eigenvalue weighted by molar-refractivity contribution is -0.143. The average molecular weight is 460 g/mol. The summed E-state index contributed by atoms with van der Waals surface area (Å²) in [6.45, 7) is 6.89. The zero-order valence-corrected chi connectivity index (χ0v) is 19.8. The van der Waals surface area contributed by atoms with E-state index in [-0.39, 0.29) is 19.0 Å². The van der Waals surface area contributed by atoms with Crippen LogP contribution in [0.25, 0.3) is 16.6 Å². The van der Waals surface area contributed by atoms with Crippen LogP contribution in [0.15, 0.2) is 49.2 Å². The van der Waals surface area contributed by atoms with Crippen molar-refractivity contribution in [1.29, 1.82) is 0 Å². The topological polar surface area (TPSA) is 91.5 Å². The van der Waals surface area contributed by atoms with Gasteiger partial charge >= 0.3 is 5.97 Å². The van der Waals surface area contributed by atoms with Crippen molar-refractivity contribution in [2.45, 2.75) is 53.2 Å². The third-order valence-electron chi connectivity index (χ3n) is 5.58. The number of hydrogen-bond acceptors (Lipinski definition) is 7. The first-order chi connectivity index (χ1) is 16.6. The molecule has 4 rings (SSSR count). The van der Waals surface area contributed by atoms with Gasteiger partial charge in [0.1, 0.15) is 0 Å². The number of aryl methyl sites for hydroxylation is 2. The lowest BCUT2D eigenvalue weighted by atomic mass is 9.95. The monoisotopic (exact) mass is 459 g/mol. The van der Waals surface area contributed by atoms with Crippen LogP contribution < -0.4 is 0 Å². The Bertz CT molecular complexity index is 1270. The Balaban J connectivity index is 1.79. The fourth-order valence-electron chi connectivity index (χ4n) is 4.04. The maximum atomic E-state index is 12.2. The Morgan fingerprint density at radius 2 is 1.94 bits per heavy atom. The number of carbonyl (C=O) groups excluding carboxylic acids is 1. The highest BCUT2D eigenvalue weighted by Gasteiger charge is 2.20. The summed E-state index contributed by atoms with van der Waals surface area (Å²) >= 11 is 0. The molecule has 4 aromatic heterocycles. The average Bonchev–Trinajstić information content (AvgIpc) is 3.25. The molecule has 0 aliphatic carbocycles. The van der Waals surface area contributed by atoms with Gasteiger partial charge in [0, 0.05) is 48.0 Å². The highest BCUT2D eigenvalue weighted by atomic mass is 16.5. The number of nitrogens with zero attached hydrogens (tertiary/aromatic N) is 5. The number of ether oxygens (including phenoxy) is 2. The van der Waals surface area contributed by atoms with E-state index in [4.69, 9.17) is 14.6 Å². The lowest BCUT2D eigenvalue weighted by Gasteiger charge is -2.18. The second kappa shape index (κ2) is 11.0. The largest absolute Gasteiger partial charge is 0.466 e. The molecule has 0 aromatic carbocycles. The lowest BCUT2D eigenvalue weighted by Crippen LogP contribution is -2.13. The Morgan fingerprint density at radius 3 is 2.68 bits per heavy atom. The van der Waals surface area contributed by atoms with E-state index in [0.717, 1.165) is 51.3 Å². The van der Waals surface area contributed by atoms with Gasteiger partial charge in [-0.2, -0.15) is 5.10 Å². The van der Waals surface area contributed by atoms with Gasteiger partial charge in [-0.3, -0.25) is 19.7 Å². The first kappa shape index (κ1) is 23.5. The van der Waals surface area contributed by atoms with Gasteiger partial charge in [0.15, 0.2) is 0 Å². The first-order valence-corrected chi connectivity index (χ1v) is 11.5. The van der Waals surface area contributed by atoms with Gasteiger partial charge in [-0.25, -0.2) is 4.52 Å². The summed E-state index contributed by atoms with van der Waals surface area (Å²) in [4.78, 5) is 25.0. The van der Waals surface area contributed by atoms with Gasteiger partial charge in [-0.1, -0.05) is 6.92 Å². The second-order valence-electron chi connectivity index (χ2n) is 8.02. The first-order valence-electron chi connectivity index (χ1n) is 11.5. The zero-order chi connectivity index (χ0) is 23.9. The highest BCUT2D eigenvalue weighted by Crippen LogP contribution is 2.33. The van der Waals surface area contributed by atoms with Crippen molar-refractivity contribution in [3.63, 3.8) is 0 Å². The van der Waals surface area contributed by atoms with Crippen molar-refractivity contribution >= 4 is 11.5 Å². The number of pyridine rings is 1. The minimum absolute atomic E-state index is 0.230. The third kappa shape index (κ3) is 5.28. The molecular weight excluding hydrogens is 430 g/mol. The van der Waals surface area contributed by atoms with Crippen LogP contribution in [0.2, 0.25) is 0 Å². The van der Waals surface area contributed by atoms with Crippen LogP contribution in [0.1, 0.15) is 48.5 Å². The van der Waals surface area contributed by atoms with Crippen LogP contribution in [0.5, 0.6) is 0 Å². The molecule has 0 bridgehead atoms. The van der Waals surface area contributed by atoms with Crippen molar-refractivity contribution in [3.05, 3.63) is 77.4 Å². The molecule has 0 N–H and O–H groups in total. The maximum Gasteiger partial charge on any atom is 0.306 e. The second-order valence-corrected chi connectivity index (χ2v) is 8.02. The molecule has 0 atom stereocenters. The van der Waals surface area contributed by atoms with Gasteiger partial charge in [0.2, 0.25) is 0 Å². The van der Waals surface area contributed by atoms with Crippen molar-refractivity contribution in [1.82, 2.24) is 24.6 Å². The number of fused-ring (bicyclic) bond motifs is 1. The summed E-state index contributed by atoms with van der Waals surface area (Å²) in [5.41, 5.74) is 7.65. The Labute approximate surface area is 199 Å². The number of carbonyl (C=O) groups is 1. The van der Waals surface area contributed by atoms with Gasteiger partial charge in [0.25, 0.3) is 0 Å². The van der Waals surface area contributed by atoms with E-state index in [1.54, 1.807) is 18.6 Å². The quantitative estimate of drug-likeness (QED) is 0.327. The molecule has 0 fully saturated rings. The summed E-state index contributed by atoms with van der Waals surface area (Å²) < 4.78 is 13.2. The minimum atomic E-state index is -0.230. The third-order valence-corrected chi connectivity index (χ3v) is 5.58. The zero-order valence-electron chi connectivity index (χ0n) is 19.8. The Hall–Kier alpha value is -3.65. The summed E-state index contributed by atoms with van der Waals surface area (Å²) in [6, 6.07) is 6.29. The molecule has 0 saturated carbocycles.